The Hall–Kier alpha value is -1.13. The van der Waals surface area contributed by atoms with Crippen molar-refractivity contribution in [2.24, 2.45) is 11.7 Å². The van der Waals surface area contributed by atoms with E-state index in [0.29, 0.717) is 12.6 Å². The van der Waals surface area contributed by atoms with Crippen molar-refractivity contribution in [1.29, 1.82) is 0 Å². The molecule has 1 fully saturated rings. The Labute approximate surface area is 115 Å². The SMILES string of the molecule is NCC(C1CC1)n1cncc1-c1ccc(Br)cc1. The van der Waals surface area contributed by atoms with Crippen LogP contribution in [0.3, 0.4) is 0 Å². The standard InChI is InChI=1S/C14H16BrN3/c15-12-5-3-11(4-6-12)14-8-17-9-18(14)13(7-16)10-1-2-10/h3-6,8-10,13H,1-2,7,16H2. The van der Waals surface area contributed by atoms with E-state index in [4.69, 9.17) is 5.73 Å². The third kappa shape index (κ3) is 2.22. The van der Waals surface area contributed by atoms with Crippen molar-refractivity contribution in [3.05, 3.63) is 41.3 Å². The monoisotopic (exact) mass is 305 g/mol. The summed E-state index contributed by atoms with van der Waals surface area (Å²) in [5.41, 5.74) is 8.27. The van der Waals surface area contributed by atoms with Crippen LogP contribution in [0.5, 0.6) is 0 Å². The summed E-state index contributed by atoms with van der Waals surface area (Å²) in [6, 6.07) is 8.73. The van der Waals surface area contributed by atoms with Gasteiger partial charge < -0.3 is 10.3 Å². The highest BCUT2D eigenvalue weighted by atomic mass is 79.9. The van der Waals surface area contributed by atoms with E-state index in [1.54, 1.807) is 0 Å². The maximum Gasteiger partial charge on any atom is 0.0954 e. The molecular formula is C14H16BrN3. The van der Waals surface area contributed by atoms with Crippen molar-refractivity contribution >= 4 is 15.9 Å². The number of aromatic nitrogens is 2. The summed E-state index contributed by atoms with van der Waals surface area (Å²) in [5.74, 6) is 0.735. The molecule has 0 radical (unpaired) electrons. The van der Waals surface area contributed by atoms with Gasteiger partial charge in [-0.2, -0.15) is 0 Å². The van der Waals surface area contributed by atoms with Crippen molar-refractivity contribution in [2.45, 2.75) is 18.9 Å². The molecule has 0 bridgehead atoms. The van der Waals surface area contributed by atoms with E-state index in [0.717, 1.165) is 16.1 Å². The van der Waals surface area contributed by atoms with Gasteiger partial charge in [-0.25, -0.2) is 4.98 Å². The van der Waals surface area contributed by atoms with Gasteiger partial charge in [0.15, 0.2) is 0 Å². The van der Waals surface area contributed by atoms with E-state index in [1.807, 2.05) is 12.5 Å². The van der Waals surface area contributed by atoms with Gasteiger partial charge >= 0.3 is 0 Å². The molecule has 94 valence electrons. The number of imidazole rings is 1. The molecule has 4 heteroatoms. The summed E-state index contributed by atoms with van der Waals surface area (Å²) in [7, 11) is 0. The molecule has 0 aliphatic heterocycles. The molecular weight excluding hydrogens is 290 g/mol. The minimum Gasteiger partial charge on any atom is -0.328 e. The Morgan fingerprint density at radius 2 is 2.06 bits per heavy atom. The smallest absolute Gasteiger partial charge is 0.0954 e. The number of hydrogen-bond donors (Lipinski definition) is 1. The number of rotatable bonds is 4. The number of halogens is 1. The van der Waals surface area contributed by atoms with Gasteiger partial charge in [0.1, 0.15) is 0 Å². The summed E-state index contributed by atoms with van der Waals surface area (Å²) >= 11 is 3.46. The largest absolute Gasteiger partial charge is 0.328 e. The van der Waals surface area contributed by atoms with Crippen LogP contribution in [0, 0.1) is 5.92 Å². The summed E-state index contributed by atoms with van der Waals surface area (Å²) in [5, 5.41) is 0. The van der Waals surface area contributed by atoms with Gasteiger partial charge in [-0.1, -0.05) is 28.1 Å². The summed E-state index contributed by atoms with van der Waals surface area (Å²) in [6.07, 6.45) is 6.42. The number of benzene rings is 1. The predicted molar refractivity (Wildman–Crippen MR) is 76.2 cm³/mol. The van der Waals surface area contributed by atoms with Gasteiger partial charge in [0.25, 0.3) is 0 Å². The van der Waals surface area contributed by atoms with Crippen molar-refractivity contribution < 1.29 is 0 Å². The Bertz CT molecular complexity index is 528. The van der Waals surface area contributed by atoms with E-state index in [9.17, 15) is 0 Å². The van der Waals surface area contributed by atoms with E-state index in [-0.39, 0.29) is 0 Å². The van der Waals surface area contributed by atoms with Crippen molar-refractivity contribution in [3.8, 4) is 11.3 Å². The maximum absolute atomic E-state index is 5.92. The zero-order valence-corrected chi connectivity index (χ0v) is 11.7. The molecule has 1 heterocycles. The van der Waals surface area contributed by atoms with Crippen molar-refractivity contribution in [3.63, 3.8) is 0 Å². The fourth-order valence-corrected chi connectivity index (χ4v) is 2.69. The molecule has 3 nitrogen and oxygen atoms in total. The summed E-state index contributed by atoms with van der Waals surface area (Å²) in [4.78, 5) is 4.30. The molecule has 1 unspecified atom stereocenters. The van der Waals surface area contributed by atoms with Crippen LogP contribution >= 0.6 is 15.9 Å². The molecule has 1 aliphatic carbocycles. The molecule has 3 rings (SSSR count). The van der Waals surface area contributed by atoms with Gasteiger partial charge in [-0.15, -0.1) is 0 Å². The quantitative estimate of drug-likeness (QED) is 0.942. The molecule has 2 N–H and O–H groups in total. The van der Waals surface area contributed by atoms with Crippen LogP contribution < -0.4 is 5.73 Å². The van der Waals surface area contributed by atoms with Gasteiger partial charge in [0.2, 0.25) is 0 Å². The summed E-state index contributed by atoms with van der Waals surface area (Å²) < 4.78 is 3.33. The molecule has 1 aromatic heterocycles. The molecule has 1 atom stereocenters. The zero-order chi connectivity index (χ0) is 12.5. The molecule has 0 spiro atoms. The lowest BCUT2D eigenvalue weighted by molar-refractivity contribution is 0.458. The van der Waals surface area contributed by atoms with E-state index >= 15 is 0 Å². The zero-order valence-electron chi connectivity index (χ0n) is 10.1. The van der Waals surface area contributed by atoms with Gasteiger partial charge in [-0.3, -0.25) is 0 Å². The van der Waals surface area contributed by atoms with Crippen LogP contribution in [-0.4, -0.2) is 16.1 Å². The Morgan fingerprint density at radius 3 is 2.67 bits per heavy atom. The van der Waals surface area contributed by atoms with E-state index in [2.05, 4.69) is 49.7 Å². The highest BCUT2D eigenvalue weighted by molar-refractivity contribution is 9.10. The number of nitrogens with zero attached hydrogens (tertiary/aromatic N) is 2. The first kappa shape index (κ1) is 11.9. The Kier molecular flexibility index (Phi) is 3.22. The van der Waals surface area contributed by atoms with Crippen molar-refractivity contribution in [1.82, 2.24) is 9.55 Å². The van der Waals surface area contributed by atoms with Crippen LogP contribution in [0.4, 0.5) is 0 Å². The third-order valence-corrected chi connectivity index (χ3v) is 4.10. The number of hydrogen-bond acceptors (Lipinski definition) is 2. The normalized spacial score (nSPS) is 16.8. The van der Waals surface area contributed by atoms with Crippen LogP contribution in [0.1, 0.15) is 18.9 Å². The first-order valence-electron chi connectivity index (χ1n) is 6.27. The topological polar surface area (TPSA) is 43.8 Å². The second kappa shape index (κ2) is 4.86. The molecule has 0 amide bonds. The summed E-state index contributed by atoms with van der Waals surface area (Å²) in [6.45, 7) is 0.685. The average Bonchev–Trinajstić information content (AvgIpc) is 3.10. The lowest BCUT2D eigenvalue weighted by atomic mass is 10.1. The first-order chi connectivity index (χ1) is 8.79. The minimum atomic E-state index is 0.395. The van der Waals surface area contributed by atoms with Crippen LogP contribution in [0.15, 0.2) is 41.3 Å². The molecule has 1 aromatic carbocycles. The van der Waals surface area contributed by atoms with Gasteiger partial charge in [-0.05, 0) is 36.5 Å². The molecule has 1 aliphatic rings. The third-order valence-electron chi connectivity index (χ3n) is 3.57. The van der Waals surface area contributed by atoms with E-state index < -0.39 is 0 Å². The first-order valence-corrected chi connectivity index (χ1v) is 7.06. The highest BCUT2D eigenvalue weighted by Gasteiger charge is 2.32. The predicted octanol–water partition coefficient (Wildman–Crippen LogP) is 3.22. The van der Waals surface area contributed by atoms with Crippen LogP contribution in [0.25, 0.3) is 11.3 Å². The van der Waals surface area contributed by atoms with Gasteiger partial charge in [0.05, 0.1) is 24.3 Å². The second-order valence-corrected chi connectivity index (χ2v) is 5.75. The van der Waals surface area contributed by atoms with Crippen LogP contribution in [-0.2, 0) is 0 Å². The molecule has 1 saturated carbocycles. The van der Waals surface area contributed by atoms with E-state index in [1.165, 1.54) is 18.4 Å². The second-order valence-electron chi connectivity index (χ2n) is 4.83. The van der Waals surface area contributed by atoms with Crippen LogP contribution in [0.2, 0.25) is 0 Å². The molecule has 2 aromatic rings. The lowest BCUT2D eigenvalue weighted by Gasteiger charge is -2.19. The fraction of sp³-hybridized carbons (Fsp3) is 0.357. The minimum absolute atomic E-state index is 0.395. The number of nitrogens with two attached hydrogens (primary N) is 1. The Morgan fingerprint density at radius 1 is 1.33 bits per heavy atom. The lowest BCUT2D eigenvalue weighted by Crippen LogP contribution is -2.21. The molecule has 18 heavy (non-hydrogen) atoms. The highest BCUT2D eigenvalue weighted by Crippen LogP contribution is 2.40. The molecule has 0 saturated heterocycles. The van der Waals surface area contributed by atoms with Crippen molar-refractivity contribution in [2.75, 3.05) is 6.54 Å². The fourth-order valence-electron chi connectivity index (χ4n) is 2.43. The maximum atomic E-state index is 5.92. The Balaban J connectivity index is 1.97. The average molecular weight is 306 g/mol. The van der Waals surface area contributed by atoms with Gasteiger partial charge in [0, 0.05) is 11.0 Å².